The Bertz CT molecular complexity index is 1090. The number of ether oxygens (including phenoxy) is 1. The molecule has 3 aromatic heterocycles. The zero-order valence-electron chi connectivity index (χ0n) is 14.8. The van der Waals surface area contributed by atoms with Gasteiger partial charge in [0.25, 0.3) is 5.56 Å². The largest absolute Gasteiger partial charge is 0.462 e. The summed E-state index contributed by atoms with van der Waals surface area (Å²) in [5, 5.41) is 3.37. The fourth-order valence-electron chi connectivity index (χ4n) is 2.16. The van der Waals surface area contributed by atoms with E-state index in [9.17, 15) is 19.2 Å². The number of carbonyl (C=O) groups is 2. The van der Waals surface area contributed by atoms with Crippen LogP contribution in [0.3, 0.4) is 0 Å². The Morgan fingerprint density at radius 3 is 2.44 bits per heavy atom. The van der Waals surface area contributed by atoms with Crippen LogP contribution in [-0.4, -0.2) is 28.6 Å². The fraction of sp³-hybridized carbons (Fsp3) is 0.250. The highest BCUT2D eigenvalue weighted by atomic mass is 32.1. The SMILES string of the molecule is CCOC(=O)c1cc(C)sc1NC(N)=O.Cc1cc2c(=O)[nH]c(=O)[nH]c2s1. The molecule has 9 nitrogen and oxygen atoms in total. The third kappa shape index (κ3) is 5.28. The molecule has 0 saturated heterocycles. The summed E-state index contributed by atoms with van der Waals surface area (Å²) in [4.78, 5) is 51.4. The summed E-state index contributed by atoms with van der Waals surface area (Å²) in [5.41, 5.74) is 4.56. The number of hydrogen-bond donors (Lipinski definition) is 4. The molecule has 5 N–H and O–H groups in total. The number of anilines is 1. The Morgan fingerprint density at radius 2 is 1.81 bits per heavy atom. The van der Waals surface area contributed by atoms with Gasteiger partial charge in [0.1, 0.15) is 9.83 Å². The monoisotopic (exact) mass is 410 g/mol. The van der Waals surface area contributed by atoms with Gasteiger partial charge in [-0.2, -0.15) is 0 Å². The van der Waals surface area contributed by atoms with E-state index >= 15 is 0 Å². The van der Waals surface area contributed by atoms with E-state index in [0.29, 0.717) is 27.4 Å². The lowest BCUT2D eigenvalue weighted by Gasteiger charge is -2.02. The number of nitrogens with two attached hydrogens (primary N) is 1. The second-order valence-corrected chi connectivity index (χ2v) is 7.83. The number of primary amides is 1. The maximum atomic E-state index is 11.5. The van der Waals surface area contributed by atoms with Gasteiger partial charge in [-0.05, 0) is 32.9 Å². The number of carbonyl (C=O) groups excluding carboxylic acids is 2. The van der Waals surface area contributed by atoms with Crippen molar-refractivity contribution >= 4 is 49.9 Å². The summed E-state index contributed by atoms with van der Waals surface area (Å²) in [7, 11) is 0. The highest BCUT2D eigenvalue weighted by Crippen LogP contribution is 2.28. The van der Waals surface area contributed by atoms with Gasteiger partial charge >= 0.3 is 17.7 Å². The quantitative estimate of drug-likeness (QED) is 0.489. The van der Waals surface area contributed by atoms with Gasteiger partial charge in [0.2, 0.25) is 0 Å². The summed E-state index contributed by atoms with van der Waals surface area (Å²) in [6, 6.07) is 2.73. The molecule has 27 heavy (non-hydrogen) atoms. The van der Waals surface area contributed by atoms with Crippen LogP contribution in [0.5, 0.6) is 0 Å². The molecule has 144 valence electrons. The van der Waals surface area contributed by atoms with E-state index in [4.69, 9.17) is 10.5 Å². The number of rotatable bonds is 3. The average molecular weight is 410 g/mol. The summed E-state index contributed by atoms with van der Waals surface area (Å²) < 4.78 is 4.84. The molecule has 0 aliphatic carbocycles. The van der Waals surface area contributed by atoms with Crippen LogP contribution in [0, 0.1) is 13.8 Å². The first kappa shape index (κ1) is 20.4. The lowest BCUT2D eigenvalue weighted by molar-refractivity contribution is 0.0528. The van der Waals surface area contributed by atoms with Crippen molar-refractivity contribution in [2.45, 2.75) is 20.8 Å². The third-order valence-corrected chi connectivity index (χ3v) is 5.07. The van der Waals surface area contributed by atoms with Crippen LogP contribution in [0.4, 0.5) is 9.80 Å². The van der Waals surface area contributed by atoms with E-state index in [1.807, 2.05) is 13.8 Å². The molecule has 3 heterocycles. The number of hydrogen-bond acceptors (Lipinski definition) is 7. The van der Waals surface area contributed by atoms with Gasteiger partial charge in [0, 0.05) is 9.75 Å². The fourth-order valence-corrected chi connectivity index (χ4v) is 3.97. The van der Waals surface area contributed by atoms with Crippen molar-refractivity contribution in [2.24, 2.45) is 5.73 Å². The minimum absolute atomic E-state index is 0.295. The summed E-state index contributed by atoms with van der Waals surface area (Å²) >= 11 is 2.69. The van der Waals surface area contributed by atoms with Crippen molar-refractivity contribution in [3.8, 4) is 0 Å². The molecule has 3 rings (SSSR count). The van der Waals surface area contributed by atoms with E-state index < -0.39 is 17.7 Å². The average Bonchev–Trinajstić information content (AvgIpc) is 3.10. The van der Waals surface area contributed by atoms with Gasteiger partial charge in [0.05, 0.1) is 17.6 Å². The molecule has 0 radical (unpaired) electrons. The molecule has 0 bridgehead atoms. The van der Waals surface area contributed by atoms with Crippen molar-refractivity contribution in [2.75, 3.05) is 11.9 Å². The van der Waals surface area contributed by atoms with Crippen molar-refractivity contribution in [3.63, 3.8) is 0 Å². The van der Waals surface area contributed by atoms with Crippen molar-refractivity contribution in [3.05, 3.63) is 48.3 Å². The molecule has 0 aliphatic heterocycles. The maximum absolute atomic E-state index is 11.5. The number of aryl methyl sites for hydroxylation is 2. The predicted molar refractivity (Wildman–Crippen MR) is 106 cm³/mol. The molecule has 0 spiro atoms. The summed E-state index contributed by atoms with van der Waals surface area (Å²) in [5.74, 6) is -0.453. The first-order valence-corrected chi connectivity index (χ1v) is 9.41. The Hall–Kier alpha value is -2.92. The molecule has 0 atom stereocenters. The van der Waals surface area contributed by atoms with Gasteiger partial charge < -0.3 is 10.5 Å². The Labute approximate surface area is 161 Å². The summed E-state index contributed by atoms with van der Waals surface area (Å²) in [6.07, 6.45) is 0. The third-order valence-electron chi connectivity index (χ3n) is 3.14. The molecule has 0 unspecified atom stereocenters. The molecular weight excluding hydrogens is 392 g/mol. The number of H-pyrrole nitrogens is 2. The predicted octanol–water partition coefficient (Wildman–Crippen LogP) is 2.31. The van der Waals surface area contributed by atoms with Gasteiger partial charge in [-0.25, -0.2) is 14.4 Å². The van der Waals surface area contributed by atoms with Gasteiger partial charge in [-0.15, -0.1) is 22.7 Å². The maximum Gasteiger partial charge on any atom is 0.341 e. The van der Waals surface area contributed by atoms with Gasteiger partial charge in [-0.1, -0.05) is 0 Å². The number of urea groups is 1. The van der Waals surface area contributed by atoms with Crippen molar-refractivity contribution in [1.82, 2.24) is 9.97 Å². The van der Waals surface area contributed by atoms with Crippen molar-refractivity contribution < 1.29 is 14.3 Å². The molecule has 11 heteroatoms. The van der Waals surface area contributed by atoms with E-state index in [2.05, 4.69) is 15.3 Å². The second kappa shape index (κ2) is 8.64. The Morgan fingerprint density at radius 1 is 1.15 bits per heavy atom. The topological polar surface area (TPSA) is 147 Å². The Balaban J connectivity index is 0.000000198. The summed E-state index contributed by atoms with van der Waals surface area (Å²) in [6.45, 7) is 5.74. The lowest BCUT2D eigenvalue weighted by atomic mass is 10.3. The number of aromatic amines is 2. The first-order valence-electron chi connectivity index (χ1n) is 7.78. The minimum Gasteiger partial charge on any atom is -0.462 e. The standard InChI is InChI=1S/C9H12N2O3S.C7H6N2O2S/c1-3-14-8(12)6-4-5(2)15-7(6)11-9(10)13;1-3-2-4-5(10)8-7(11)9-6(4)12-3/h4H,3H2,1-2H3,(H3,10,11,13);2H,1H3,(H2,8,9,10,11). The molecule has 0 aliphatic rings. The molecule has 0 aromatic carbocycles. The number of fused-ring (bicyclic) bond motifs is 1. The Kier molecular flexibility index (Phi) is 6.53. The van der Waals surface area contributed by atoms with Gasteiger partial charge in [-0.3, -0.25) is 20.1 Å². The first-order chi connectivity index (χ1) is 12.7. The lowest BCUT2D eigenvalue weighted by Crippen LogP contribution is -2.20. The molecule has 3 aromatic rings. The highest BCUT2D eigenvalue weighted by molar-refractivity contribution is 7.18. The number of thiophene rings is 2. The van der Waals surface area contributed by atoms with Crippen LogP contribution in [0.15, 0.2) is 21.7 Å². The van der Waals surface area contributed by atoms with E-state index in [1.165, 1.54) is 22.7 Å². The van der Waals surface area contributed by atoms with Gasteiger partial charge in [0.15, 0.2) is 0 Å². The smallest absolute Gasteiger partial charge is 0.341 e. The normalized spacial score (nSPS) is 10.2. The molecule has 0 fully saturated rings. The minimum atomic E-state index is -0.692. The van der Waals surface area contributed by atoms with E-state index in [1.54, 1.807) is 19.1 Å². The van der Waals surface area contributed by atoms with E-state index in [0.717, 1.165) is 9.75 Å². The van der Waals surface area contributed by atoms with Crippen molar-refractivity contribution in [1.29, 1.82) is 0 Å². The molecular formula is C16H18N4O5S2. The number of esters is 1. The highest BCUT2D eigenvalue weighted by Gasteiger charge is 2.16. The number of nitrogens with one attached hydrogen (secondary N) is 3. The van der Waals surface area contributed by atoms with Crippen LogP contribution in [0.25, 0.3) is 10.2 Å². The van der Waals surface area contributed by atoms with Crippen LogP contribution < -0.4 is 22.3 Å². The molecule has 2 amide bonds. The molecule has 0 saturated carbocycles. The number of amides is 2. The zero-order chi connectivity index (χ0) is 20.1. The number of aromatic nitrogens is 2. The second-order valence-electron chi connectivity index (χ2n) is 5.32. The zero-order valence-corrected chi connectivity index (χ0v) is 16.4. The van der Waals surface area contributed by atoms with E-state index in [-0.39, 0.29) is 5.56 Å². The van der Waals surface area contributed by atoms with Crippen LogP contribution >= 0.6 is 22.7 Å². The van der Waals surface area contributed by atoms with Crippen LogP contribution in [0.1, 0.15) is 27.0 Å². The van der Waals surface area contributed by atoms with Crippen LogP contribution in [-0.2, 0) is 4.74 Å². The van der Waals surface area contributed by atoms with Crippen LogP contribution in [0.2, 0.25) is 0 Å².